The minimum absolute atomic E-state index is 0.958. The Bertz CT molecular complexity index is 617. The highest BCUT2D eigenvalue weighted by molar-refractivity contribution is 5.71. The van der Waals surface area contributed by atoms with Gasteiger partial charge in [0, 0.05) is 6.20 Å². The molecule has 1 aromatic heterocycles. The zero-order valence-corrected chi connectivity index (χ0v) is 12.0. The second kappa shape index (κ2) is 7.29. The lowest BCUT2D eigenvalue weighted by molar-refractivity contribution is 1.08. The second-order valence-corrected chi connectivity index (χ2v) is 4.30. The van der Waals surface area contributed by atoms with Gasteiger partial charge in [-0.3, -0.25) is 5.10 Å². The molecule has 0 bridgehead atoms. The molecule has 1 N–H and O–H groups in total. The molecule has 2 nitrogen and oxygen atoms in total. The molecule has 0 unspecified atom stereocenters. The molecule has 0 spiro atoms. The average molecular weight is 264 g/mol. The van der Waals surface area contributed by atoms with Crippen LogP contribution < -0.4 is 0 Å². The molecule has 1 aromatic carbocycles. The Morgan fingerprint density at radius 3 is 2.60 bits per heavy atom. The summed E-state index contributed by atoms with van der Waals surface area (Å²) in [6.45, 7) is 4.00. The number of nitrogens with one attached hydrogen (secondary N) is 1. The fraction of sp³-hybridized carbons (Fsp3) is 0.167. The molecule has 0 atom stereocenters. The summed E-state index contributed by atoms with van der Waals surface area (Å²) in [6.07, 6.45) is 13.5. The first-order valence-corrected chi connectivity index (χ1v) is 7.05. The van der Waals surface area contributed by atoms with Crippen molar-refractivity contribution in [3.05, 3.63) is 71.1 Å². The summed E-state index contributed by atoms with van der Waals surface area (Å²) in [6, 6.07) is 10.4. The molecule has 3 rings (SSSR count). The smallest absolute Gasteiger partial charge is 0.0577 e. The fourth-order valence-electron chi connectivity index (χ4n) is 2.05. The van der Waals surface area contributed by atoms with Crippen molar-refractivity contribution in [1.82, 2.24) is 10.2 Å². The molecule has 102 valence electrons. The van der Waals surface area contributed by atoms with Crippen LogP contribution in [0.3, 0.4) is 0 Å². The van der Waals surface area contributed by atoms with Crippen molar-refractivity contribution < 1.29 is 0 Å². The Kier molecular flexibility index (Phi) is 5.13. The van der Waals surface area contributed by atoms with Gasteiger partial charge in [0.25, 0.3) is 0 Å². The van der Waals surface area contributed by atoms with Crippen LogP contribution >= 0.6 is 0 Å². The Morgan fingerprint density at radius 1 is 1.05 bits per heavy atom. The minimum Gasteiger partial charge on any atom is -0.278 e. The summed E-state index contributed by atoms with van der Waals surface area (Å²) in [5.74, 6) is 0. The summed E-state index contributed by atoms with van der Waals surface area (Å²) in [4.78, 5) is 0. The molecule has 0 saturated heterocycles. The molecular weight excluding hydrogens is 244 g/mol. The molecular formula is C18H20N2. The molecule has 1 aliphatic carbocycles. The Hall–Kier alpha value is -2.35. The number of rotatable bonds is 2. The summed E-state index contributed by atoms with van der Waals surface area (Å²) in [5.41, 5.74) is 4.88. The lowest BCUT2D eigenvalue weighted by Crippen LogP contribution is -1.79. The normalized spacial score (nSPS) is 13.2. The van der Waals surface area contributed by atoms with E-state index in [-0.39, 0.29) is 0 Å². The van der Waals surface area contributed by atoms with Crippen LogP contribution in [0.1, 0.15) is 37.1 Å². The van der Waals surface area contributed by atoms with Crippen LogP contribution in [0.2, 0.25) is 0 Å². The molecule has 2 heteroatoms. The zero-order chi connectivity index (χ0) is 14.2. The summed E-state index contributed by atoms with van der Waals surface area (Å²) in [7, 11) is 0. The molecule has 0 fully saturated rings. The van der Waals surface area contributed by atoms with Gasteiger partial charge in [0.1, 0.15) is 0 Å². The minimum atomic E-state index is 0.958. The van der Waals surface area contributed by atoms with E-state index in [1.54, 1.807) is 6.20 Å². The van der Waals surface area contributed by atoms with Crippen molar-refractivity contribution in [2.45, 2.75) is 20.3 Å². The number of fused-ring (bicyclic) bond motifs is 1. The number of hydrogen-bond donors (Lipinski definition) is 1. The Labute approximate surface area is 120 Å². The van der Waals surface area contributed by atoms with E-state index in [0.29, 0.717) is 0 Å². The predicted octanol–water partition coefficient (Wildman–Crippen LogP) is 4.95. The van der Waals surface area contributed by atoms with Crippen molar-refractivity contribution >= 4 is 18.2 Å². The average Bonchev–Trinajstić information content (AvgIpc) is 2.93. The second-order valence-electron chi connectivity index (χ2n) is 4.30. The van der Waals surface area contributed by atoms with Gasteiger partial charge in [0.05, 0.1) is 5.69 Å². The number of benzene rings is 1. The van der Waals surface area contributed by atoms with E-state index in [2.05, 4.69) is 64.8 Å². The largest absolute Gasteiger partial charge is 0.278 e. The van der Waals surface area contributed by atoms with E-state index in [1.807, 2.05) is 19.9 Å². The molecule has 20 heavy (non-hydrogen) atoms. The van der Waals surface area contributed by atoms with Gasteiger partial charge < -0.3 is 0 Å². The van der Waals surface area contributed by atoms with Crippen LogP contribution in [0.25, 0.3) is 18.2 Å². The SMILES string of the molecule is C1=Cc2ccccc2C=C(/C=C/c2ccn[nH]2)C1.CC. The molecule has 0 amide bonds. The van der Waals surface area contributed by atoms with Crippen molar-refractivity contribution in [3.63, 3.8) is 0 Å². The van der Waals surface area contributed by atoms with E-state index >= 15 is 0 Å². The first-order valence-electron chi connectivity index (χ1n) is 7.05. The van der Waals surface area contributed by atoms with Crippen LogP contribution in [-0.4, -0.2) is 10.2 Å². The maximum Gasteiger partial charge on any atom is 0.0577 e. The van der Waals surface area contributed by atoms with Crippen LogP contribution in [-0.2, 0) is 0 Å². The topological polar surface area (TPSA) is 28.7 Å². The highest BCUT2D eigenvalue weighted by atomic mass is 15.1. The quantitative estimate of drug-likeness (QED) is 0.816. The van der Waals surface area contributed by atoms with Gasteiger partial charge in [-0.15, -0.1) is 0 Å². The highest BCUT2D eigenvalue weighted by Gasteiger charge is 2.01. The maximum atomic E-state index is 3.93. The number of aromatic nitrogens is 2. The predicted molar refractivity (Wildman–Crippen MR) is 87.0 cm³/mol. The summed E-state index contributed by atoms with van der Waals surface area (Å²) < 4.78 is 0. The standard InChI is InChI=1S/C16H14N2.C2H6/c1-2-6-15-12-13(4-3-7-14(15)5-1)8-9-16-10-11-17-18-16;1-2/h1-3,5-12H,4H2,(H,17,18);1-2H3/b9-8+;. The number of H-pyrrole nitrogens is 1. The lowest BCUT2D eigenvalue weighted by Gasteiger charge is -1.99. The van der Waals surface area contributed by atoms with Gasteiger partial charge in [-0.2, -0.15) is 5.10 Å². The van der Waals surface area contributed by atoms with E-state index in [1.165, 1.54) is 16.7 Å². The van der Waals surface area contributed by atoms with E-state index in [9.17, 15) is 0 Å². The third-order valence-electron chi connectivity index (χ3n) is 2.99. The molecule has 2 aromatic rings. The van der Waals surface area contributed by atoms with Crippen molar-refractivity contribution in [2.75, 3.05) is 0 Å². The van der Waals surface area contributed by atoms with E-state index in [0.717, 1.165) is 12.1 Å². The number of allylic oxidation sites excluding steroid dienone is 3. The zero-order valence-electron chi connectivity index (χ0n) is 12.0. The van der Waals surface area contributed by atoms with Crippen molar-refractivity contribution in [2.24, 2.45) is 0 Å². The monoisotopic (exact) mass is 264 g/mol. The molecule has 1 aliphatic rings. The van der Waals surface area contributed by atoms with Crippen LogP contribution in [0, 0.1) is 0 Å². The van der Waals surface area contributed by atoms with Gasteiger partial charge in [0.2, 0.25) is 0 Å². The van der Waals surface area contributed by atoms with Crippen molar-refractivity contribution in [3.8, 4) is 0 Å². The van der Waals surface area contributed by atoms with Crippen LogP contribution in [0.15, 0.2) is 54.3 Å². The van der Waals surface area contributed by atoms with Crippen molar-refractivity contribution in [1.29, 1.82) is 0 Å². The fourth-order valence-corrected chi connectivity index (χ4v) is 2.05. The maximum absolute atomic E-state index is 3.93. The molecule has 0 radical (unpaired) electrons. The van der Waals surface area contributed by atoms with E-state index < -0.39 is 0 Å². The molecule has 1 heterocycles. The van der Waals surface area contributed by atoms with Gasteiger partial charge in [0.15, 0.2) is 0 Å². The van der Waals surface area contributed by atoms with Crippen LogP contribution in [0.5, 0.6) is 0 Å². The third kappa shape index (κ3) is 3.58. The highest BCUT2D eigenvalue weighted by Crippen LogP contribution is 2.22. The first kappa shape index (κ1) is 14.1. The number of nitrogens with zero attached hydrogens (tertiary/aromatic N) is 1. The lowest BCUT2D eigenvalue weighted by atomic mass is 10.1. The third-order valence-corrected chi connectivity index (χ3v) is 2.99. The summed E-state index contributed by atoms with van der Waals surface area (Å²) in [5, 5.41) is 6.86. The van der Waals surface area contributed by atoms with Gasteiger partial charge in [-0.05, 0) is 35.3 Å². The first-order chi connectivity index (χ1) is 9.92. The van der Waals surface area contributed by atoms with Gasteiger partial charge in [-0.1, -0.05) is 62.4 Å². The summed E-state index contributed by atoms with van der Waals surface area (Å²) >= 11 is 0. The Morgan fingerprint density at radius 2 is 1.85 bits per heavy atom. The van der Waals surface area contributed by atoms with Crippen LogP contribution in [0.4, 0.5) is 0 Å². The molecule has 0 saturated carbocycles. The van der Waals surface area contributed by atoms with Gasteiger partial charge in [-0.25, -0.2) is 0 Å². The number of hydrogen-bond acceptors (Lipinski definition) is 1. The molecule has 0 aliphatic heterocycles. The van der Waals surface area contributed by atoms with Gasteiger partial charge >= 0.3 is 0 Å². The number of aromatic amines is 1. The Balaban J connectivity index is 0.000000704. The van der Waals surface area contributed by atoms with E-state index in [4.69, 9.17) is 0 Å².